The van der Waals surface area contributed by atoms with Gasteiger partial charge < -0.3 is 19.3 Å². The van der Waals surface area contributed by atoms with E-state index in [-0.39, 0.29) is 12.5 Å². The first-order valence-electron chi connectivity index (χ1n) is 8.36. The summed E-state index contributed by atoms with van der Waals surface area (Å²) in [6.45, 7) is 7.83. The molecule has 0 aromatic carbocycles. The molecule has 0 bridgehead atoms. The first-order valence-corrected chi connectivity index (χ1v) is 8.36. The van der Waals surface area contributed by atoms with Crippen molar-refractivity contribution in [3.63, 3.8) is 0 Å². The number of carbonyl (C=O) groups excluding carboxylic acids is 1. The summed E-state index contributed by atoms with van der Waals surface area (Å²) in [5.74, 6) is 0.0997. The van der Waals surface area contributed by atoms with Crippen molar-refractivity contribution in [2.24, 2.45) is 0 Å². The maximum absolute atomic E-state index is 11.9. The lowest BCUT2D eigenvalue weighted by Gasteiger charge is -2.32. The van der Waals surface area contributed by atoms with Gasteiger partial charge in [0.05, 0.1) is 13.2 Å². The van der Waals surface area contributed by atoms with Crippen LogP contribution in [0, 0.1) is 0 Å². The third-order valence-electron chi connectivity index (χ3n) is 3.85. The number of ether oxygens (including phenoxy) is 2. The van der Waals surface area contributed by atoms with E-state index in [1.54, 1.807) is 0 Å². The Morgan fingerprint density at radius 2 is 1.57 bits per heavy atom. The van der Waals surface area contributed by atoms with Gasteiger partial charge in [-0.05, 0) is 13.5 Å². The molecule has 0 radical (unpaired) electrons. The van der Waals surface area contributed by atoms with Gasteiger partial charge in [-0.2, -0.15) is 0 Å². The monoisotopic (exact) mass is 300 g/mol. The standard InChI is InChI=1S/C16H32N2O3/c1-3-4-5-6-7-12-20-13-14-21-15-16(19)18-10-8-17(2)9-11-18/h3-15H2,1-2H3. The van der Waals surface area contributed by atoms with Gasteiger partial charge in [-0.1, -0.05) is 32.6 Å². The first-order chi connectivity index (χ1) is 10.2. The molecule has 0 atom stereocenters. The van der Waals surface area contributed by atoms with Crippen LogP contribution in [-0.2, 0) is 14.3 Å². The van der Waals surface area contributed by atoms with E-state index in [0.29, 0.717) is 13.2 Å². The van der Waals surface area contributed by atoms with Gasteiger partial charge in [0.15, 0.2) is 0 Å². The highest BCUT2D eigenvalue weighted by Gasteiger charge is 2.18. The normalized spacial score (nSPS) is 16.4. The molecule has 0 aliphatic carbocycles. The number of unbranched alkanes of at least 4 members (excludes halogenated alkanes) is 4. The topological polar surface area (TPSA) is 42.0 Å². The second-order valence-corrected chi connectivity index (χ2v) is 5.76. The molecule has 5 heteroatoms. The molecule has 5 nitrogen and oxygen atoms in total. The van der Waals surface area contributed by atoms with E-state index < -0.39 is 0 Å². The van der Waals surface area contributed by atoms with Gasteiger partial charge in [0.2, 0.25) is 5.91 Å². The van der Waals surface area contributed by atoms with E-state index >= 15 is 0 Å². The van der Waals surface area contributed by atoms with Gasteiger partial charge in [0.25, 0.3) is 0 Å². The van der Waals surface area contributed by atoms with Gasteiger partial charge in [0, 0.05) is 32.8 Å². The predicted molar refractivity (Wildman–Crippen MR) is 84.5 cm³/mol. The van der Waals surface area contributed by atoms with E-state index in [1.165, 1.54) is 25.7 Å². The number of carbonyl (C=O) groups is 1. The van der Waals surface area contributed by atoms with Crippen LogP contribution in [0.25, 0.3) is 0 Å². The van der Waals surface area contributed by atoms with Crippen molar-refractivity contribution in [2.75, 3.05) is 59.7 Å². The maximum atomic E-state index is 11.9. The number of rotatable bonds is 11. The molecule has 124 valence electrons. The van der Waals surface area contributed by atoms with Crippen LogP contribution in [0.2, 0.25) is 0 Å². The zero-order valence-corrected chi connectivity index (χ0v) is 13.8. The molecule has 21 heavy (non-hydrogen) atoms. The molecule has 1 fully saturated rings. The van der Waals surface area contributed by atoms with Gasteiger partial charge in [-0.3, -0.25) is 4.79 Å². The quantitative estimate of drug-likeness (QED) is 0.545. The average Bonchev–Trinajstić information content (AvgIpc) is 2.49. The minimum atomic E-state index is 0.0997. The number of piperazine rings is 1. The number of likely N-dealkylation sites (N-methyl/N-ethyl adjacent to an activating group) is 1. The lowest BCUT2D eigenvalue weighted by molar-refractivity contribution is -0.138. The number of amides is 1. The molecular weight excluding hydrogens is 268 g/mol. The van der Waals surface area contributed by atoms with Crippen LogP contribution in [0.1, 0.15) is 39.0 Å². The summed E-state index contributed by atoms with van der Waals surface area (Å²) in [6.07, 6.45) is 6.26. The molecule has 0 N–H and O–H groups in total. The second-order valence-electron chi connectivity index (χ2n) is 5.76. The minimum absolute atomic E-state index is 0.0997. The maximum Gasteiger partial charge on any atom is 0.248 e. The molecule has 0 unspecified atom stereocenters. The summed E-state index contributed by atoms with van der Waals surface area (Å²) < 4.78 is 10.9. The van der Waals surface area contributed by atoms with E-state index in [9.17, 15) is 4.79 Å². The van der Waals surface area contributed by atoms with Crippen LogP contribution in [0.3, 0.4) is 0 Å². The number of nitrogens with zero attached hydrogens (tertiary/aromatic N) is 2. The fourth-order valence-corrected chi connectivity index (χ4v) is 2.33. The Morgan fingerprint density at radius 1 is 0.905 bits per heavy atom. The largest absolute Gasteiger partial charge is 0.379 e. The van der Waals surface area contributed by atoms with Crippen LogP contribution in [-0.4, -0.2) is 75.4 Å². The van der Waals surface area contributed by atoms with Crippen molar-refractivity contribution < 1.29 is 14.3 Å². The highest BCUT2D eigenvalue weighted by atomic mass is 16.5. The average molecular weight is 300 g/mol. The van der Waals surface area contributed by atoms with E-state index in [0.717, 1.165) is 39.2 Å². The smallest absolute Gasteiger partial charge is 0.248 e. The van der Waals surface area contributed by atoms with Crippen molar-refractivity contribution in [1.82, 2.24) is 9.80 Å². The molecule has 1 heterocycles. The zero-order valence-electron chi connectivity index (χ0n) is 13.8. The third kappa shape index (κ3) is 9.06. The molecule has 1 aliphatic heterocycles. The van der Waals surface area contributed by atoms with Crippen molar-refractivity contribution in [3.8, 4) is 0 Å². The van der Waals surface area contributed by atoms with Crippen molar-refractivity contribution >= 4 is 5.91 Å². The van der Waals surface area contributed by atoms with Crippen LogP contribution >= 0.6 is 0 Å². The van der Waals surface area contributed by atoms with Gasteiger partial charge >= 0.3 is 0 Å². The van der Waals surface area contributed by atoms with Crippen molar-refractivity contribution in [1.29, 1.82) is 0 Å². The Balaban J connectivity index is 1.86. The first kappa shape index (κ1) is 18.4. The van der Waals surface area contributed by atoms with Gasteiger partial charge in [-0.15, -0.1) is 0 Å². The van der Waals surface area contributed by atoms with E-state index in [4.69, 9.17) is 9.47 Å². The highest BCUT2D eigenvalue weighted by molar-refractivity contribution is 5.77. The van der Waals surface area contributed by atoms with E-state index in [1.807, 2.05) is 4.90 Å². The number of hydrogen-bond donors (Lipinski definition) is 0. The van der Waals surface area contributed by atoms with Crippen LogP contribution in [0.15, 0.2) is 0 Å². The summed E-state index contributed by atoms with van der Waals surface area (Å²) in [6, 6.07) is 0. The Hall–Kier alpha value is -0.650. The SMILES string of the molecule is CCCCCCCOCCOCC(=O)N1CCN(C)CC1. The van der Waals surface area contributed by atoms with Crippen molar-refractivity contribution in [2.45, 2.75) is 39.0 Å². The molecular formula is C16H32N2O3. The lowest BCUT2D eigenvalue weighted by atomic mass is 10.2. The lowest BCUT2D eigenvalue weighted by Crippen LogP contribution is -2.48. The molecule has 0 spiro atoms. The predicted octanol–water partition coefficient (Wildman–Crippen LogP) is 1.76. The van der Waals surface area contributed by atoms with Crippen LogP contribution < -0.4 is 0 Å². The Bertz CT molecular complexity index is 266. The fraction of sp³-hybridized carbons (Fsp3) is 0.938. The van der Waals surface area contributed by atoms with Crippen molar-refractivity contribution in [3.05, 3.63) is 0 Å². The number of hydrogen-bond acceptors (Lipinski definition) is 4. The minimum Gasteiger partial charge on any atom is -0.379 e. The Kier molecular flexibility index (Phi) is 10.5. The van der Waals surface area contributed by atoms with Crippen LogP contribution in [0.4, 0.5) is 0 Å². The van der Waals surface area contributed by atoms with Gasteiger partial charge in [0.1, 0.15) is 6.61 Å². The third-order valence-corrected chi connectivity index (χ3v) is 3.85. The summed E-state index contributed by atoms with van der Waals surface area (Å²) in [5.41, 5.74) is 0. The van der Waals surface area contributed by atoms with Gasteiger partial charge in [-0.25, -0.2) is 0 Å². The molecule has 1 aliphatic rings. The summed E-state index contributed by atoms with van der Waals surface area (Å²) in [4.78, 5) is 16.0. The molecule has 0 aromatic rings. The second kappa shape index (κ2) is 12.0. The summed E-state index contributed by atoms with van der Waals surface area (Å²) >= 11 is 0. The molecule has 1 rings (SSSR count). The van der Waals surface area contributed by atoms with Crippen LogP contribution in [0.5, 0.6) is 0 Å². The fourth-order valence-electron chi connectivity index (χ4n) is 2.33. The van der Waals surface area contributed by atoms with E-state index in [2.05, 4.69) is 18.9 Å². The Labute approximate surface area is 129 Å². The molecule has 0 aromatic heterocycles. The Morgan fingerprint density at radius 3 is 2.29 bits per heavy atom. The highest BCUT2D eigenvalue weighted by Crippen LogP contribution is 2.02. The zero-order chi connectivity index (χ0) is 15.3. The molecule has 0 saturated carbocycles. The summed E-state index contributed by atoms with van der Waals surface area (Å²) in [5, 5.41) is 0. The summed E-state index contributed by atoms with van der Waals surface area (Å²) in [7, 11) is 2.08. The molecule has 1 amide bonds. The molecule has 1 saturated heterocycles.